The van der Waals surface area contributed by atoms with Crippen molar-refractivity contribution in [3.63, 3.8) is 0 Å². The lowest BCUT2D eigenvalue weighted by molar-refractivity contribution is 0.345. The molecule has 0 aromatic heterocycles. The Bertz CT molecular complexity index is 600. The summed E-state index contributed by atoms with van der Waals surface area (Å²) in [5.74, 6) is 3.42. The van der Waals surface area contributed by atoms with E-state index in [-0.39, 0.29) is 0 Å². The number of benzene rings is 1. The van der Waals surface area contributed by atoms with Gasteiger partial charge in [0.25, 0.3) is 0 Å². The molecule has 0 saturated heterocycles. The first-order chi connectivity index (χ1) is 11.2. The third kappa shape index (κ3) is 3.38. The largest absolute Gasteiger partial charge is 0.493 e. The quantitative estimate of drug-likeness (QED) is 0.684. The second kappa shape index (κ2) is 6.69. The number of ether oxygens (including phenoxy) is 2. The van der Waals surface area contributed by atoms with Crippen molar-refractivity contribution >= 4 is 5.96 Å². The summed E-state index contributed by atoms with van der Waals surface area (Å²) in [6.07, 6.45) is 2.25. The van der Waals surface area contributed by atoms with E-state index in [2.05, 4.69) is 41.2 Å². The lowest BCUT2D eigenvalue weighted by Gasteiger charge is -2.32. The maximum atomic E-state index is 5.44. The summed E-state index contributed by atoms with van der Waals surface area (Å²) < 4.78 is 10.9. The number of fused-ring (bicyclic) bond motifs is 1. The summed E-state index contributed by atoms with van der Waals surface area (Å²) >= 11 is 0. The highest BCUT2D eigenvalue weighted by Crippen LogP contribution is 2.34. The average Bonchev–Trinajstić information content (AvgIpc) is 3.27. The Kier molecular flexibility index (Phi) is 4.64. The number of nitrogens with one attached hydrogen (secondary N) is 1. The van der Waals surface area contributed by atoms with Crippen LogP contribution in [0.5, 0.6) is 11.5 Å². The average molecular weight is 317 g/mol. The molecular weight excluding hydrogens is 290 g/mol. The van der Waals surface area contributed by atoms with Crippen LogP contribution in [0.3, 0.4) is 0 Å². The van der Waals surface area contributed by atoms with E-state index in [1.54, 1.807) is 14.2 Å². The minimum absolute atomic E-state index is 0.590. The molecule has 2 aliphatic rings. The van der Waals surface area contributed by atoms with Crippen molar-refractivity contribution in [1.29, 1.82) is 0 Å². The molecule has 1 aliphatic carbocycles. The van der Waals surface area contributed by atoms with E-state index < -0.39 is 0 Å². The van der Waals surface area contributed by atoms with Crippen LogP contribution in [-0.2, 0) is 13.0 Å². The van der Waals surface area contributed by atoms with Gasteiger partial charge in [0.2, 0.25) is 0 Å². The molecule has 1 N–H and O–H groups in total. The highest BCUT2D eigenvalue weighted by molar-refractivity contribution is 5.81. The van der Waals surface area contributed by atoms with Crippen LogP contribution in [0.2, 0.25) is 0 Å². The molecule has 1 aromatic carbocycles. The number of aliphatic imine (C=N–C) groups is 1. The number of rotatable bonds is 4. The van der Waals surface area contributed by atoms with Crippen molar-refractivity contribution in [3.05, 3.63) is 23.3 Å². The molecule has 1 saturated carbocycles. The van der Waals surface area contributed by atoms with Crippen LogP contribution in [0, 0.1) is 5.92 Å². The SMILES string of the molecule is CCN=C(NC1CC1C)N1CCc2cc(OC)c(OC)cc2C1. The van der Waals surface area contributed by atoms with Gasteiger partial charge in [-0.15, -0.1) is 0 Å². The van der Waals surface area contributed by atoms with E-state index in [0.717, 1.165) is 49.4 Å². The van der Waals surface area contributed by atoms with Crippen LogP contribution in [0.25, 0.3) is 0 Å². The molecule has 0 amide bonds. The Labute approximate surface area is 138 Å². The fourth-order valence-electron chi connectivity index (χ4n) is 3.14. The molecule has 2 atom stereocenters. The molecule has 2 unspecified atom stereocenters. The van der Waals surface area contributed by atoms with Gasteiger partial charge in [0.15, 0.2) is 17.5 Å². The van der Waals surface area contributed by atoms with E-state index in [4.69, 9.17) is 9.47 Å². The van der Waals surface area contributed by atoms with Crippen molar-refractivity contribution < 1.29 is 9.47 Å². The van der Waals surface area contributed by atoms with Crippen molar-refractivity contribution in [2.45, 2.75) is 39.3 Å². The minimum Gasteiger partial charge on any atom is -0.493 e. The van der Waals surface area contributed by atoms with Gasteiger partial charge in [-0.1, -0.05) is 6.92 Å². The first kappa shape index (κ1) is 16.0. The van der Waals surface area contributed by atoms with Crippen LogP contribution >= 0.6 is 0 Å². The molecule has 0 bridgehead atoms. The highest BCUT2D eigenvalue weighted by Gasteiger charge is 2.34. The van der Waals surface area contributed by atoms with Crippen LogP contribution < -0.4 is 14.8 Å². The highest BCUT2D eigenvalue weighted by atomic mass is 16.5. The number of nitrogens with zero attached hydrogens (tertiary/aromatic N) is 2. The third-order valence-electron chi connectivity index (χ3n) is 4.75. The minimum atomic E-state index is 0.590. The van der Waals surface area contributed by atoms with Crippen molar-refractivity contribution in [2.75, 3.05) is 27.3 Å². The van der Waals surface area contributed by atoms with Gasteiger partial charge in [0.1, 0.15) is 0 Å². The molecule has 1 aliphatic heterocycles. The molecule has 0 radical (unpaired) electrons. The zero-order valence-electron chi connectivity index (χ0n) is 14.6. The van der Waals surface area contributed by atoms with Gasteiger partial charge in [0, 0.05) is 25.7 Å². The van der Waals surface area contributed by atoms with Gasteiger partial charge < -0.3 is 19.7 Å². The Balaban J connectivity index is 1.79. The Morgan fingerprint density at radius 1 is 1.26 bits per heavy atom. The summed E-state index contributed by atoms with van der Waals surface area (Å²) in [5, 5.41) is 3.61. The monoisotopic (exact) mass is 317 g/mol. The van der Waals surface area contributed by atoms with E-state index in [9.17, 15) is 0 Å². The lowest BCUT2D eigenvalue weighted by Crippen LogP contribution is -2.45. The van der Waals surface area contributed by atoms with Crippen LogP contribution in [-0.4, -0.2) is 44.2 Å². The van der Waals surface area contributed by atoms with E-state index >= 15 is 0 Å². The lowest BCUT2D eigenvalue weighted by atomic mass is 9.99. The predicted molar refractivity (Wildman–Crippen MR) is 92.3 cm³/mol. The molecular formula is C18H27N3O2. The molecule has 126 valence electrons. The molecule has 5 heteroatoms. The molecule has 5 nitrogen and oxygen atoms in total. The number of guanidine groups is 1. The Hall–Kier alpha value is -1.91. The maximum absolute atomic E-state index is 5.44. The van der Waals surface area contributed by atoms with Gasteiger partial charge in [-0.2, -0.15) is 0 Å². The fraction of sp³-hybridized carbons (Fsp3) is 0.611. The smallest absolute Gasteiger partial charge is 0.194 e. The van der Waals surface area contributed by atoms with Gasteiger partial charge in [-0.25, -0.2) is 0 Å². The van der Waals surface area contributed by atoms with E-state index in [0.29, 0.717) is 6.04 Å². The summed E-state index contributed by atoms with van der Waals surface area (Å²) in [4.78, 5) is 7.04. The molecule has 1 aromatic rings. The summed E-state index contributed by atoms with van der Waals surface area (Å²) in [6, 6.07) is 4.80. The van der Waals surface area contributed by atoms with Gasteiger partial charge >= 0.3 is 0 Å². The number of hydrogen-bond acceptors (Lipinski definition) is 3. The van der Waals surface area contributed by atoms with Crippen molar-refractivity contribution in [2.24, 2.45) is 10.9 Å². The second-order valence-corrected chi connectivity index (χ2v) is 6.41. The van der Waals surface area contributed by atoms with Crippen LogP contribution in [0.15, 0.2) is 17.1 Å². The third-order valence-corrected chi connectivity index (χ3v) is 4.75. The second-order valence-electron chi connectivity index (χ2n) is 6.41. The topological polar surface area (TPSA) is 46.1 Å². The zero-order valence-corrected chi connectivity index (χ0v) is 14.6. The molecule has 3 rings (SSSR count). The molecule has 23 heavy (non-hydrogen) atoms. The molecule has 1 heterocycles. The molecule has 1 fully saturated rings. The van der Waals surface area contributed by atoms with Crippen molar-refractivity contribution in [3.8, 4) is 11.5 Å². The first-order valence-electron chi connectivity index (χ1n) is 8.46. The van der Waals surface area contributed by atoms with Gasteiger partial charge in [-0.05, 0) is 48.9 Å². The number of hydrogen-bond donors (Lipinski definition) is 1. The summed E-state index contributed by atoms with van der Waals surface area (Å²) in [7, 11) is 3.37. The van der Waals surface area contributed by atoms with Crippen LogP contribution in [0.1, 0.15) is 31.4 Å². The predicted octanol–water partition coefficient (Wildman–Crippen LogP) is 2.44. The van der Waals surface area contributed by atoms with Crippen LogP contribution in [0.4, 0.5) is 0 Å². The normalized spacial score (nSPS) is 23.3. The zero-order chi connectivity index (χ0) is 16.4. The van der Waals surface area contributed by atoms with Crippen molar-refractivity contribution in [1.82, 2.24) is 10.2 Å². The fourth-order valence-corrected chi connectivity index (χ4v) is 3.14. The standard InChI is InChI=1S/C18H27N3O2/c1-5-19-18(20-15-8-12(15)2)21-7-6-13-9-16(22-3)17(23-4)10-14(13)11-21/h9-10,12,15H,5-8,11H2,1-4H3,(H,19,20). The Morgan fingerprint density at radius 2 is 1.91 bits per heavy atom. The first-order valence-corrected chi connectivity index (χ1v) is 8.46. The molecule has 0 spiro atoms. The maximum Gasteiger partial charge on any atom is 0.194 e. The Morgan fingerprint density at radius 3 is 2.48 bits per heavy atom. The van der Waals surface area contributed by atoms with E-state index in [1.807, 2.05) is 0 Å². The number of methoxy groups -OCH3 is 2. The van der Waals surface area contributed by atoms with Gasteiger partial charge in [0.05, 0.1) is 14.2 Å². The van der Waals surface area contributed by atoms with Gasteiger partial charge in [-0.3, -0.25) is 4.99 Å². The van der Waals surface area contributed by atoms with E-state index in [1.165, 1.54) is 17.5 Å². The summed E-state index contributed by atoms with van der Waals surface area (Å²) in [6.45, 7) is 7.02. The summed E-state index contributed by atoms with van der Waals surface area (Å²) in [5.41, 5.74) is 2.64.